The Hall–Kier alpha value is -1.75. The van der Waals surface area contributed by atoms with Crippen molar-refractivity contribution in [3.05, 3.63) is 29.3 Å². The molecule has 6 rings (SSSR count). The quantitative estimate of drug-likeness (QED) is 0.829. The van der Waals surface area contributed by atoms with Crippen LogP contribution in [0, 0.1) is 5.92 Å². The first-order valence-electron chi connectivity index (χ1n) is 8.46. The Bertz CT molecular complexity index is 636. The van der Waals surface area contributed by atoms with Crippen molar-refractivity contribution in [1.82, 2.24) is 10.2 Å². The van der Waals surface area contributed by atoms with E-state index in [0.717, 1.165) is 30.9 Å². The van der Waals surface area contributed by atoms with Gasteiger partial charge in [0.2, 0.25) is 5.72 Å². The zero-order valence-electron chi connectivity index (χ0n) is 12.8. The predicted octanol–water partition coefficient (Wildman–Crippen LogP) is 1.75. The van der Waals surface area contributed by atoms with Crippen LogP contribution in [0.2, 0.25) is 0 Å². The van der Waals surface area contributed by atoms with Gasteiger partial charge in [-0.3, -0.25) is 4.90 Å². The number of nitrogens with one attached hydrogen (secondary N) is 2. The number of hydrogen-bond acceptors (Lipinski definition) is 5. The molecule has 0 aromatic heterocycles. The Morgan fingerprint density at radius 1 is 1.27 bits per heavy atom. The molecule has 3 saturated heterocycles. The normalized spacial score (nSPS) is 35.4. The molecule has 5 heterocycles. The maximum atomic E-state index is 5.95. The first-order valence-corrected chi connectivity index (χ1v) is 8.46. The largest absolute Gasteiger partial charge is 0.385 e. The number of hydrogen-bond donors (Lipinski definition) is 2. The molecule has 0 saturated carbocycles. The van der Waals surface area contributed by atoms with E-state index >= 15 is 0 Å². The Kier molecular flexibility index (Phi) is 2.68. The van der Waals surface area contributed by atoms with Crippen molar-refractivity contribution in [3.8, 4) is 0 Å². The van der Waals surface area contributed by atoms with Gasteiger partial charge in [-0.05, 0) is 62.5 Å². The summed E-state index contributed by atoms with van der Waals surface area (Å²) >= 11 is 0. The molecule has 3 fully saturated rings. The second-order valence-electron chi connectivity index (χ2n) is 7.00. The highest BCUT2D eigenvalue weighted by Gasteiger charge is 2.52. The van der Waals surface area contributed by atoms with Gasteiger partial charge in [0.1, 0.15) is 0 Å². The van der Waals surface area contributed by atoms with Gasteiger partial charge < -0.3 is 15.5 Å². The fraction of sp³-hybridized carbons (Fsp3) is 0.588. The van der Waals surface area contributed by atoms with E-state index in [9.17, 15) is 0 Å². The van der Waals surface area contributed by atoms with Gasteiger partial charge in [0.05, 0.1) is 6.54 Å². The number of piperidine rings is 3. The molecule has 5 nitrogen and oxygen atoms in total. The first-order chi connectivity index (χ1) is 10.8. The van der Waals surface area contributed by atoms with Gasteiger partial charge in [0.25, 0.3) is 0 Å². The summed E-state index contributed by atoms with van der Waals surface area (Å²) < 4.78 is 0. The summed E-state index contributed by atoms with van der Waals surface area (Å²) in [7, 11) is 0. The summed E-state index contributed by atoms with van der Waals surface area (Å²) in [5.41, 5.74) is 3.53. The maximum Gasteiger partial charge on any atom is 0.224 e. The number of benzene rings is 1. The third-order valence-corrected chi connectivity index (χ3v) is 5.65. The topological polar surface area (TPSA) is 48.9 Å². The van der Waals surface area contributed by atoms with E-state index in [1.54, 1.807) is 0 Å². The van der Waals surface area contributed by atoms with Crippen LogP contribution < -0.4 is 10.6 Å². The molecule has 2 N–H and O–H groups in total. The van der Waals surface area contributed by atoms with Crippen molar-refractivity contribution in [2.75, 3.05) is 31.5 Å². The summed E-state index contributed by atoms with van der Waals surface area (Å²) in [5.74, 6) is 1.49. The average molecular weight is 298 g/mol. The minimum absolute atomic E-state index is 0.278. The van der Waals surface area contributed by atoms with Crippen molar-refractivity contribution in [3.63, 3.8) is 0 Å². The second kappa shape index (κ2) is 4.62. The van der Waals surface area contributed by atoms with Crippen molar-refractivity contribution < 1.29 is 4.84 Å². The third kappa shape index (κ3) is 1.85. The zero-order chi connectivity index (χ0) is 14.6. The molecule has 5 heteroatoms. The van der Waals surface area contributed by atoms with E-state index < -0.39 is 0 Å². The molecule has 1 spiro atoms. The molecule has 5 aliphatic heterocycles. The molecule has 0 amide bonds. The van der Waals surface area contributed by atoms with Crippen molar-refractivity contribution in [1.29, 1.82) is 0 Å². The van der Waals surface area contributed by atoms with Gasteiger partial charge >= 0.3 is 0 Å². The Morgan fingerprint density at radius 2 is 2.18 bits per heavy atom. The highest BCUT2D eigenvalue weighted by Crippen LogP contribution is 2.39. The van der Waals surface area contributed by atoms with Crippen LogP contribution in [0.25, 0.3) is 0 Å². The summed E-state index contributed by atoms with van der Waals surface area (Å²) in [6.45, 7) is 4.45. The molecule has 5 aliphatic rings. The molecule has 0 unspecified atom stereocenters. The van der Waals surface area contributed by atoms with Crippen molar-refractivity contribution in [2.24, 2.45) is 11.1 Å². The van der Waals surface area contributed by atoms with Crippen LogP contribution in [-0.2, 0) is 11.3 Å². The minimum atomic E-state index is -0.278. The fourth-order valence-corrected chi connectivity index (χ4v) is 4.38. The smallest absolute Gasteiger partial charge is 0.224 e. The lowest BCUT2D eigenvalue weighted by atomic mass is 9.81. The summed E-state index contributed by atoms with van der Waals surface area (Å²) in [6, 6.07) is 6.58. The number of fused-ring (bicyclic) bond motifs is 3. The lowest BCUT2D eigenvalue weighted by Crippen LogP contribution is -2.65. The highest BCUT2D eigenvalue weighted by molar-refractivity contribution is 6.00. The van der Waals surface area contributed by atoms with Crippen molar-refractivity contribution >= 4 is 11.5 Å². The lowest BCUT2D eigenvalue weighted by Gasteiger charge is -2.49. The van der Waals surface area contributed by atoms with Crippen LogP contribution >= 0.6 is 0 Å². The summed E-state index contributed by atoms with van der Waals surface area (Å²) in [4.78, 5) is 8.43. The zero-order valence-corrected chi connectivity index (χ0v) is 12.8. The van der Waals surface area contributed by atoms with E-state index in [4.69, 9.17) is 4.84 Å². The standard InChI is InChI=1S/C17H22N4O/c1-2-12-10-13(3-4-15(12)18-7-1)16-19-17(22-20-16)11-21-8-5-14(17)6-9-21/h3-4,10,14,18H,1-2,5-9,11H2,(H,19,20)/t17-/m0/s1. The number of anilines is 1. The van der Waals surface area contributed by atoms with Gasteiger partial charge in [-0.1, -0.05) is 5.16 Å². The molecule has 1 atom stereocenters. The Labute approximate surface area is 130 Å². The van der Waals surface area contributed by atoms with E-state index in [2.05, 4.69) is 38.9 Å². The molecule has 1 aromatic rings. The van der Waals surface area contributed by atoms with Crippen LogP contribution in [0.1, 0.15) is 30.4 Å². The fourth-order valence-electron chi connectivity index (χ4n) is 4.38. The van der Waals surface area contributed by atoms with Gasteiger partial charge in [-0.2, -0.15) is 0 Å². The Balaban J connectivity index is 1.41. The summed E-state index contributed by atoms with van der Waals surface area (Å²) in [5, 5.41) is 11.5. The molecule has 0 radical (unpaired) electrons. The molecule has 116 valence electrons. The molecular formula is C17H22N4O. The molecule has 0 aliphatic carbocycles. The number of rotatable bonds is 1. The van der Waals surface area contributed by atoms with Crippen LogP contribution in [0.15, 0.2) is 23.4 Å². The maximum absolute atomic E-state index is 5.95. The molecule has 1 aromatic carbocycles. The van der Waals surface area contributed by atoms with Gasteiger partial charge in [0.15, 0.2) is 5.84 Å². The van der Waals surface area contributed by atoms with E-state index in [1.807, 2.05) is 0 Å². The lowest BCUT2D eigenvalue weighted by molar-refractivity contribution is -0.148. The van der Waals surface area contributed by atoms with Crippen LogP contribution in [0.5, 0.6) is 0 Å². The second-order valence-corrected chi connectivity index (χ2v) is 7.00. The number of nitrogens with zero attached hydrogens (tertiary/aromatic N) is 2. The van der Waals surface area contributed by atoms with Crippen LogP contribution in [-0.4, -0.2) is 42.6 Å². The van der Waals surface area contributed by atoms with Gasteiger partial charge in [-0.15, -0.1) is 0 Å². The van der Waals surface area contributed by atoms with Gasteiger partial charge in [-0.25, -0.2) is 0 Å². The van der Waals surface area contributed by atoms with E-state index in [-0.39, 0.29) is 5.72 Å². The monoisotopic (exact) mass is 298 g/mol. The average Bonchev–Trinajstić information content (AvgIpc) is 2.99. The highest BCUT2D eigenvalue weighted by atomic mass is 16.7. The molecule has 2 bridgehead atoms. The molecular weight excluding hydrogens is 276 g/mol. The SMILES string of the molecule is c1cc2c(cc1C1=NO[C@]3(CN4CCC3CC4)N1)CCCN2. The number of amidine groups is 1. The molecule has 22 heavy (non-hydrogen) atoms. The van der Waals surface area contributed by atoms with E-state index in [1.165, 1.54) is 43.6 Å². The predicted molar refractivity (Wildman–Crippen MR) is 85.9 cm³/mol. The minimum Gasteiger partial charge on any atom is -0.385 e. The van der Waals surface area contributed by atoms with Crippen molar-refractivity contribution in [2.45, 2.75) is 31.4 Å². The van der Waals surface area contributed by atoms with Crippen LogP contribution in [0.3, 0.4) is 0 Å². The third-order valence-electron chi connectivity index (χ3n) is 5.65. The van der Waals surface area contributed by atoms with Gasteiger partial charge in [0, 0.05) is 23.7 Å². The van der Waals surface area contributed by atoms with Crippen LogP contribution in [0.4, 0.5) is 5.69 Å². The number of aryl methyl sites for hydroxylation is 1. The van der Waals surface area contributed by atoms with E-state index in [0.29, 0.717) is 5.92 Å². The Morgan fingerprint density at radius 3 is 3.00 bits per heavy atom. The number of oxime groups is 1. The first kappa shape index (κ1) is 12.8. The summed E-state index contributed by atoms with van der Waals surface area (Å²) in [6.07, 6.45) is 4.77.